The topological polar surface area (TPSA) is 26.8 Å². The third-order valence-corrected chi connectivity index (χ3v) is 2.89. The van der Waals surface area contributed by atoms with Gasteiger partial charge in [-0.05, 0) is 7.05 Å². The predicted octanol–water partition coefficient (Wildman–Crippen LogP) is 1.72. The molecule has 2 rings (SSSR count). The zero-order valence-corrected chi connectivity index (χ0v) is 11.5. The minimum atomic E-state index is -2.66. The average molecular weight is 263 g/mol. The molecular weight excluding hydrogens is 240 g/mol. The second-order valence-electron chi connectivity index (χ2n) is 4.99. The van der Waals surface area contributed by atoms with E-state index in [1.54, 1.807) is 4.90 Å². The van der Waals surface area contributed by atoms with E-state index >= 15 is 0 Å². The van der Waals surface area contributed by atoms with Gasteiger partial charge in [-0.2, -0.15) is 0 Å². The van der Waals surface area contributed by atoms with Crippen molar-refractivity contribution in [2.45, 2.75) is 26.2 Å². The largest absolute Gasteiger partial charge is 0.322 e. The van der Waals surface area contributed by atoms with E-state index in [0.29, 0.717) is 13.1 Å². The Labute approximate surface area is 108 Å². The van der Waals surface area contributed by atoms with Gasteiger partial charge in [0.2, 0.25) is 0 Å². The molecule has 2 aliphatic rings. The molecule has 18 heavy (non-hydrogen) atoms. The zero-order valence-electron chi connectivity index (χ0n) is 11.5. The molecule has 0 spiro atoms. The summed E-state index contributed by atoms with van der Waals surface area (Å²) in [5.74, 6) is -2.66. The first-order chi connectivity index (χ1) is 8.39. The van der Waals surface area contributed by atoms with Crippen LogP contribution in [0.1, 0.15) is 20.3 Å². The van der Waals surface area contributed by atoms with Crippen LogP contribution in [0.5, 0.6) is 0 Å². The fourth-order valence-corrected chi connectivity index (χ4v) is 1.85. The number of rotatable bonds is 0. The number of amides is 2. The standard InChI is InChI=1S/C9H15F2N3O.C3H8/c1-12-2-4-13(5-3-12)8(15)14-6-9(10,11)7-14;1-3-2/h2-7H2,1H3;3H2,1-2H3. The van der Waals surface area contributed by atoms with Crippen LogP contribution in [0.25, 0.3) is 0 Å². The van der Waals surface area contributed by atoms with Crippen molar-refractivity contribution in [1.82, 2.24) is 14.7 Å². The van der Waals surface area contributed by atoms with Gasteiger partial charge in [0.1, 0.15) is 0 Å². The summed E-state index contributed by atoms with van der Waals surface area (Å²) in [6.07, 6.45) is 1.25. The fourth-order valence-electron chi connectivity index (χ4n) is 1.85. The molecule has 0 aliphatic carbocycles. The average Bonchev–Trinajstić information content (AvgIpc) is 2.27. The monoisotopic (exact) mass is 263 g/mol. The maximum absolute atomic E-state index is 12.6. The number of hydrogen-bond donors (Lipinski definition) is 0. The van der Waals surface area contributed by atoms with Crippen molar-refractivity contribution in [3.63, 3.8) is 0 Å². The maximum Gasteiger partial charge on any atom is 0.320 e. The van der Waals surface area contributed by atoms with Gasteiger partial charge >= 0.3 is 6.03 Å². The van der Waals surface area contributed by atoms with E-state index < -0.39 is 19.0 Å². The van der Waals surface area contributed by atoms with E-state index in [0.717, 1.165) is 13.1 Å². The lowest BCUT2D eigenvalue weighted by Crippen LogP contribution is -2.63. The van der Waals surface area contributed by atoms with Gasteiger partial charge in [-0.1, -0.05) is 20.3 Å². The molecule has 0 atom stereocenters. The van der Waals surface area contributed by atoms with Crippen molar-refractivity contribution in [3.8, 4) is 0 Å². The Kier molecular flexibility index (Phi) is 5.31. The lowest BCUT2D eigenvalue weighted by Gasteiger charge is -2.43. The van der Waals surface area contributed by atoms with Crippen LogP contribution >= 0.6 is 0 Å². The molecule has 2 saturated heterocycles. The van der Waals surface area contributed by atoms with Crippen LogP contribution in [0.2, 0.25) is 0 Å². The van der Waals surface area contributed by atoms with Crippen LogP contribution < -0.4 is 0 Å². The summed E-state index contributed by atoms with van der Waals surface area (Å²) in [6.45, 7) is 6.32. The molecule has 0 N–H and O–H groups in total. The van der Waals surface area contributed by atoms with Gasteiger partial charge in [0, 0.05) is 26.2 Å². The number of hydrogen-bond acceptors (Lipinski definition) is 2. The van der Waals surface area contributed by atoms with Crippen molar-refractivity contribution in [3.05, 3.63) is 0 Å². The highest BCUT2D eigenvalue weighted by atomic mass is 19.3. The number of carbonyl (C=O) groups is 1. The Bertz CT molecular complexity index is 270. The highest BCUT2D eigenvalue weighted by Gasteiger charge is 2.47. The predicted molar refractivity (Wildman–Crippen MR) is 67.0 cm³/mol. The van der Waals surface area contributed by atoms with Gasteiger partial charge in [-0.25, -0.2) is 13.6 Å². The second-order valence-corrected chi connectivity index (χ2v) is 4.99. The molecule has 2 aliphatic heterocycles. The number of likely N-dealkylation sites (tertiary alicyclic amines) is 1. The molecule has 2 fully saturated rings. The summed E-state index contributed by atoms with van der Waals surface area (Å²) < 4.78 is 25.1. The first-order valence-electron chi connectivity index (χ1n) is 6.50. The van der Waals surface area contributed by atoms with Gasteiger partial charge in [0.15, 0.2) is 0 Å². The highest BCUT2D eigenvalue weighted by molar-refractivity contribution is 5.75. The Hall–Kier alpha value is -0.910. The molecule has 6 heteroatoms. The number of piperazine rings is 1. The molecule has 0 unspecified atom stereocenters. The van der Waals surface area contributed by atoms with Crippen molar-refractivity contribution < 1.29 is 13.6 Å². The normalized spacial score (nSPS) is 22.9. The van der Waals surface area contributed by atoms with E-state index in [1.807, 2.05) is 7.05 Å². The number of urea groups is 1. The molecule has 2 heterocycles. The van der Waals surface area contributed by atoms with E-state index in [4.69, 9.17) is 0 Å². The number of carbonyl (C=O) groups excluding carboxylic acids is 1. The number of alkyl halides is 2. The smallest absolute Gasteiger partial charge is 0.320 e. The third kappa shape index (κ3) is 4.08. The number of halogens is 2. The van der Waals surface area contributed by atoms with Crippen molar-refractivity contribution >= 4 is 6.03 Å². The minimum Gasteiger partial charge on any atom is -0.322 e. The first kappa shape index (κ1) is 15.1. The molecular formula is C12H23F2N3O. The Morgan fingerprint density at radius 3 is 1.89 bits per heavy atom. The second kappa shape index (κ2) is 6.31. The van der Waals surface area contributed by atoms with Gasteiger partial charge in [0.25, 0.3) is 5.92 Å². The Morgan fingerprint density at radius 1 is 1.06 bits per heavy atom. The van der Waals surface area contributed by atoms with Gasteiger partial charge in [-0.3, -0.25) is 0 Å². The summed E-state index contributed by atoms with van der Waals surface area (Å²) in [5.41, 5.74) is 0. The summed E-state index contributed by atoms with van der Waals surface area (Å²) in [7, 11) is 1.99. The van der Waals surface area contributed by atoms with E-state index in [-0.39, 0.29) is 6.03 Å². The lowest BCUT2D eigenvalue weighted by atomic mass is 10.1. The zero-order chi connectivity index (χ0) is 13.8. The van der Waals surface area contributed by atoms with Crippen LogP contribution in [-0.4, -0.2) is 73.0 Å². The van der Waals surface area contributed by atoms with Crippen molar-refractivity contribution in [2.75, 3.05) is 46.3 Å². The Morgan fingerprint density at radius 2 is 1.50 bits per heavy atom. The van der Waals surface area contributed by atoms with Crippen LogP contribution in [0, 0.1) is 0 Å². The molecule has 0 bridgehead atoms. The molecule has 106 valence electrons. The Balaban J connectivity index is 0.000000492. The van der Waals surface area contributed by atoms with Crippen molar-refractivity contribution in [2.24, 2.45) is 0 Å². The minimum absolute atomic E-state index is 0.242. The van der Waals surface area contributed by atoms with Crippen molar-refractivity contribution in [1.29, 1.82) is 0 Å². The number of likely N-dealkylation sites (N-methyl/N-ethyl adjacent to an activating group) is 1. The maximum atomic E-state index is 12.6. The van der Waals surface area contributed by atoms with Gasteiger partial charge in [0.05, 0.1) is 13.1 Å². The fraction of sp³-hybridized carbons (Fsp3) is 0.917. The van der Waals surface area contributed by atoms with E-state index in [2.05, 4.69) is 18.7 Å². The summed E-state index contributed by atoms with van der Waals surface area (Å²) >= 11 is 0. The van der Waals surface area contributed by atoms with Gasteiger partial charge in [-0.15, -0.1) is 0 Å². The third-order valence-electron chi connectivity index (χ3n) is 2.89. The summed E-state index contributed by atoms with van der Waals surface area (Å²) in [4.78, 5) is 16.7. The molecule has 4 nitrogen and oxygen atoms in total. The molecule has 0 aromatic carbocycles. The summed E-state index contributed by atoms with van der Waals surface area (Å²) in [6, 6.07) is -0.242. The molecule has 2 amide bonds. The quantitative estimate of drug-likeness (QED) is 0.665. The highest BCUT2D eigenvalue weighted by Crippen LogP contribution is 2.27. The molecule has 0 aromatic heterocycles. The van der Waals surface area contributed by atoms with Crippen LogP contribution in [0.4, 0.5) is 13.6 Å². The molecule has 0 saturated carbocycles. The molecule has 0 aromatic rings. The lowest BCUT2D eigenvalue weighted by molar-refractivity contribution is -0.114. The van der Waals surface area contributed by atoms with Gasteiger partial charge < -0.3 is 14.7 Å². The number of nitrogens with zero attached hydrogens (tertiary/aromatic N) is 3. The van der Waals surface area contributed by atoms with Crippen LogP contribution in [0.3, 0.4) is 0 Å². The van der Waals surface area contributed by atoms with Crippen LogP contribution in [-0.2, 0) is 0 Å². The van der Waals surface area contributed by atoms with Crippen LogP contribution in [0.15, 0.2) is 0 Å². The molecule has 0 radical (unpaired) electrons. The SMILES string of the molecule is CCC.CN1CCN(C(=O)N2CC(F)(F)C2)CC1. The first-order valence-corrected chi connectivity index (χ1v) is 6.50. The summed E-state index contributed by atoms with van der Waals surface area (Å²) in [5, 5.41) is 0. The van der Waals surface area contributed by atoms with E-state index in [1.165, 1.54) is 11.3 Å². The van der Waals surface area contributed by atoms with E-state index in [9.17, 15) is 13.6 Å².